The van der Waals surface area contributed by atoms with Gasteiger partial charge in [0.25, 0.3) is 5.91 Å². The van der Waals surface area contributed by atoms with Crippen molar-refractivity contribution in [1.29, 1.82) is 0 Å². The fourth-order valence-electron chi connectivity index (χ4n) is 4.07. The molecule has 27 heavy (non-hydrogen) atoms. The molecule has 1 aliphatic carbocycles. The summed E-state index contributed by atoms with van der Waals surface area (Å²) in [6, 6.07) is 10.6. The van der Waals surface area contributed by atoms with Crippen molar-refractivity contribution in [1.82, 2.24) is 5.43 Å². The quantitative estimate of drug-likeness (QED) is 0.416. The molecule has 0 radical (unpaired) electrons. The van der Waals surface area contributed by atoms with E-state index in [1.807, 2.05) is 42.3 Å². The maximum Gasteiger partial charge on any atom is 0.284 e. The van der Waals surface area contributed by atoms with Crippen LogP contribution in [0, 0.1) is 5.41 Å². The van der Waals surface area contributed by atoms with E-state index in [9.17, 15) is 4.79 Å². The van der Waals surface area contributed by atoms with E-state index in [1.54, 1.807) is 5.49 Å². The van der Waals surface area contributed by atoms with Crippen LogP contribution in [0.25, 0.3) is 0 Å². The van der Waals surface area contributed by atoms with Gasteiger partial charge >= 0.3 is 0 Å². The van der Waals surface area contributed by atoms with Gasteiger partial charge in [0.15, 0.2) is 12.0 Å². The lowest BCUT2D eigenvalue weighted by Crippen LogP contribution is -2.67. The van der Waals surface area contributed by atoms with Gasteiger partial charge in [-0.15, -0.1) is 0 Å². The number of carbonyl (C=O) groups excluding carboxylic acids is 1. The van der Waals surface area contributed by atoms with Gasteiger partial charge in [-0.25, -0.2) is 4.59 Å². The Hall–Kier alpha value is -1.30. The summed E-state index contributed by atoms with van der Waals surface area (Å²) in [5.41, 5.74) is 6.07. The van der Waals surface area contributed by atoms with Gasteiger partial charge in [0.2, 0.25) is 0 Å². The van der Waals surface area contributed by atoms with Crippen LogP contribution in [0.3, 0.4) is 0 Å². The normalized spacial score (nSPS) is 19.1. The van der Waals surface area contributed by atoms with Crippen molar-refractivity contribution in [3.63, 3.8) is 0 Å². The van der Waals surface area contributed by atoms with E-state index in [1.165, 1.54) is 19.3 Å². The molecule has 1 aromatic carbocycles. The molecule has 2 rings (SSSR count). The summed E-state index contributed by atoms with van der Waals surface area (Å²) >= 11 is 5.42. The lowest BCUT2D eigenvalue weighted by atomic mass is 9.86. The van der Waals surface area contributed by atoms with Crippen molar-refractivity contribution in [2.24, 2.45) is 5.41 Å². The molecule has 4 nitrogen and oxygen atoms in total. The lowest BCUT2D eigenvalue weighted by molar-refractivity contribution is -0.898. The van der Waals surface area contributed by atoms with Gasteiger partial charge in [-0.1, -0.05) is 58.2 Å². The summed E-state index contributed by atoms with van der Waals surface area (Å²) < 4.78 is 0.299. The maximum atomic E-state index is 13.6. The van der Waals surface area contributed by atoms with Crippen molar-refractivity contribution in [2.45, 2.75) is 71.9 Å². The van der Waals surface area contributed by atoms with Gasteiger partial charge in [-0.05, 0) is 44.1 Å². The Kier molecular flexibility index (Phi) is 7.55. The Bertz CT molecular complexity index is 622. The fraction of sp³-hybridized carbons (Fsp3) is 0.636. The Morgan fingerprint density at radius 1 is 1.26 bits per heavy atom. The number of carbonyl (C=O) groups is 1. The molecule has 0 heterocycles. The van der Waals surface area contributed by atoms with Crippen LogP contribution in [0.1, 0.15) is 59.8 Å². The molecular formula is C22H36N3OS+. The number of benzene rings is 1. The van der Waals surface area contributed by atoms with Crippen LogP contribution in [-0.4, -0.2) is 41.7 Å². The minimum absolute atomic E-state index is 0.0149. The first-order valence-electron chi connectivity index (χ1n) is 10.1. The van der Waals surface area contributed by atoms with E-state index in [0.717, 1.165) is 18.5 Å². The summed E-state index contributed by atoms with van der Waals surface area (Å²) in [6.45, 7) is 9.08. The predicted octanol–water partition coefficient (Wildman–Crippen LogP) is 4.70. The summed E-state index contributed by atoms with van der Waals surface area (Å²) in [6.07, 6.45) is 5.81. The molecular weight excluding hydrogens is 354 g/mol. The molecule has 1 N–H and O–H groups in total. The fourth-order valence-corrected chi connectivity index (χ4v) is 4.43. The number of amides is 1. The van der Waals surface area contributed by atoms with Crippen molar-refractivity contribution in [3.05, 3.63) is 30.3 Å². The third-order valence-electron chi connectivity index (χ3n) is 6.19. The van der Waals surface area contributed by atoms with Gasteiger partial charge in [0.1, 0.15) is 6.04 Å². The first-order chi connectivity index (χ1) is 12.7. The van der Waals surface area contributed by atoms with Gasteiger partial charge in [0, 0.05) is 24.2 Å². The first-order valence-corrected chi connectivity index (χ1v) is 10.6. The Labute approximate surface area is 170 Å². The third-order valence-corrected chi connectivity index (χ3v) is 6.56. The van der Waals surface area contributed by atoms with Gasteiger partial charge in [-0.3, -0.25) is 4.79 Å². The monoisotopic (exact) mass is 390 g/mol. The summed E-state index contributed by atoms with van der Waals surface area (Å²) in [5, 5.41) is 0. The Morgan fingerprint density at radius 2 is 1.85 bits per heavy atom. The molecule has 0 saturated heterocycles. The molecule has 0 aromatic heterocycles. The molecule has 2 atom stereocenters. The Balaban J connectivity index is 2.34. The molecule has 1 saturated carbocycles. The molecule has 1 aromatic rings. The van der Waals surface area contributed by atoms with Crippen LogP contribution in [0.15, 0.2) is 30.3 Å². The molecule has 5 heteroatoms. The van der Waals surface area contributed by atoms with E-state index < -0.39 is 0 Å². The molecule has 2 unspecified atom stereocenters. The SMILES string of the molecule is CN[N+](C=S)(CC(=O)N(c1ccccc1)C1CCCCC1)C(C)C(C)(C)C. The number of quaternary nitrogens is 1. The number of para-hydroxylation sites is 1. The van der Waals surface area contributed by atoms with Gasteiger partial charge < -0.3 is 4.90 Å². The molecule has 1 aliphatic rings. The highest BCUT2D eigenvalue weighted by molar-refractivity contribution is 7.78. The average Bonchev–Trinajstić information content (AvgIpc) is 2.67. The van der Waals surface area contributed by atoms with Crippen molar-refractivity contribution < 1.29 is 9.39 Å². The highest BCUT2D eigenvalue weighted by Gasteiger charge is 2.43. The Morgan fingerprint density at radius 3 is 2.33 bits per heavy atom. The lowest BCUT2D eigenvalue weighted by Gasteiger charge is -2.44. The van der Waals surface area contributed by atoms with E-state index in [0.29, 0.717) is 11.1 Å². The van der Waals surface area contributed by atoms with Gasteiger partial charge in [0.05, 0.1) is 0 Å². The van der Waals surface area contributed by atoms with E-state index >= 15 is 0 Å². The number of nitrogens with one attached hydrogen (secondary N) is 1. The highest BCUT2D eigenvalue weighted by atomic mass is 32.1. The number of nitrogens with zero attached hydrogens (tertiary/aromatic N) is 2. The zero-order valence-corrected chi connectivity index (χ0v) is 18.4. The molecule has 0 aliphatic heterocycles. The number of thiocarbonyl (C=S) groups is 1. The number of anilines is 1. The summed E-state index contributed by atoms with van der Waals surface area (Å²) in [7, 11) is 1.89. The second-order valence-corrected chi connectivity index (χ2v) is 9.06. The average molecular weight is 391 g/mol. The van der Waals surface area contributed by atoms with Crippen molar-refractivity contribution in [2.75, 3.05) is 18.5 Å². The van der Waals surface area contributed by atoms with Crippen molar-refractivity contribution in [3.8, 4) is 0 Å². The maximum absolute atomic E-state index is 13.6. The number of hydrogen-bond donors (Lipinski definition) is 1. The van der Waals surface area contributed by atoms with Crippen LogP contribution in [-0.2, 0) is 4.79 Å². The van der Waals surface area contributed by atoms with Crippen LogP contribution < -0.4 is 10.3 Å². The molecule has 0 spiro atoms. The van der Waals surface area contributed by atoms with Crippen LogP contribution in [0.2, 0.25) is 0 Å². The minimum atomic E-state index is 0.0149. The number of hydrogen-bond acceptors (Lipinski definition) is 3. The van der Waals surface area contributed by atoms with Gasteiger partial charge in [-0.2, -0.15) is 5.43 Å². The van der Waals surface area contributed by atoms with Crippen molar-refractivity contribution >= 4 is 29.3 Å². The van der Waals surface area contributed by atoms with Crippen LogP contribution >= 0.6 is 12.2 Å². The minimum Gasteiger partial charge on any atom is -0.304 e. The molecule has 1 fully saturated rings. The summed E-state index contributed by atoms with van der Waals surface area (Å²) in [4.78, 5) is 15.7. The zero-order valence-electron chi connectivity index (χ0n) is 17.6. The highest BCUT2D eigenvalue weighted by Crippen LogP contribution is 2.30. The predicted molar refractivity (Wildman–Crippen MR) is 118 cm³/mol. The second kappa shape index (κ2) is 9.26. The standard InChI is InChI=1S/C22H36N3OS/c1-18(22(2,3)4)25(17-27,23-5)16-21(26)24(19-12-8-6-9-13-19)20-14-10-7-11-15-20/h6,8-9,12-13,17-18,20,23H,7,10-11,14-16H2,1-5H3/q+1. The first kappa shape index (κ1) is 22.0. The van der Waals surface area contributed by atoms with Crippen LogP contribution in [0.4, 0.5) is 5.69 Å². The second-order valence-electron chi connectivity index (χ2n) is 8.85. The van der Waals surface area contributed by atoms with E-state index in [-0.39, 0.29) is 23.4 Å². The molecule has 1 amide bonds. The summed E-state index contributed by atoms with van der Waals surface area (Å²) in [5.74, 6) is 0.139. The largest absolute Gasteiger partial charge is 0.304 e. The third kappa shape index (κ3) is 5.15. The van der Waals surface area contributed by atoms with Crippen LogP contribution in [0.5, 0.6) is 0 Å². The molecule has 150 valence electrons. The van der Waals surface area contributed by atoms with E-state index in [4.69, 9.17) is 12.2 Å². The number of rotatable bonds is 7. The zero-order chi connectivity index (χ0) is 20.1. The van der Waals surface area contributed by atoms with E-state index in [2.05, 4.69) is 33.1 Å². The smallest absolute Gasteiger partial charge is 0.284 e. The molecule has 0 bridgehead atoms. The topological polar surface area (TPSA) is 32.3 Å².